The average molecular weight is 288 g/mol. The van der Waals surface area contributed by atoms with Gasteiger partial charge in [0.15, 0.2) is 0 Å². The summed E-state index contributed by atoms with van der Waals surface area (Å²) in [5.41, 5.74) is 1.73. The molecule has 2 heteroatoms. The van der Waals surface area contributed by atoms with Gasteiger partial charge < -0.3 is 5.32 Å². The normalized spacial score (nSPS) is 24.2. The number of hydrogen-bond acceptors (Lipinski definition) is 2. The first-order valence-electron chi connectivity index (χ1n) is 8.58. The highest BCUT2D eigenvalue weighted by Crippen LogP contribution is 2.33. The standard InChI is InChI=1S/C19H32N2/c1-6-19(7-2)14-21(16(5)15(3)4)18(13-20-19)17-11-9-8-10-12-17/h8-12,15-16,18,20H,6-7,13-14H2,1-5H3. The van der Waals surface area contributed by atoms with Crippen LogP contribution in [-0.2, 0) is 0 Å². The monoisotopic (exact) mass is 288 g/mol. The fourth-order valence-corrected chi connectivity index (χ4v) is 3.46. The van der Waals surface area contributed by atoms with Crippen LogP contribution in [0.5, 0.6) is 0 Å². The highest BCUT2D eigenvalue weighted by atomic mass is 15.3. The van der Waals surface area contributed by atoms with E-state index in [1.165, 1.54) is 18.4 Å². The SMILES string of the molecule is CCC1(CC)CN(C(C)C(C)C)C(c2ccccc2)CN1. The molecule has 2 unspecified atom stereocenters. The van der Waals surface area contributed by atoms with E-state index in [1.54, 1.807) is 0 Å². The Morgan fingerprint density at radius 3 is 2.29 bits per heavy atom. The van der Waals surface area contributed by atoms with Crippen LogP contribution in [0.15, 0.2) is 30.3 Å². The van der Waals surface area contributed by atoms with Crippen molar-refractivity contribution in [2.75, 3.05) is 13.1 Å². The fourth-order valence-electron chi connectivity index (χ4n) is 3.46. The number of nitrogens with one attached hydrogen (secondary N) is 1. The number of rotatable bonds is 5. The summed E-state index contributed by atoms with van der Waals surface area (Å²) in [5, 5.41) is 3.86. The van der Waals surface area contributed by atoms with Crippen LogP contribution in [0.3, 0.4) is 0 Å². The van der Waals surface area contributed by atoms with E-state index in [2.05, 4.69) is 75.2 Å². The van der Waals surface area contributed by atoms with E-state index in [0.29, 0.717) is 18.0 Å². The molecular weight excluding hydrogens is 256 g/mol. The van der Waals surface area contributed by atoms with Gasteiger partial charge in [0.1, 0.15) is 0 Å². The molecule has 0 radical (unpaired) electrons. The van der Waals surface area contributed by atoms with Crippen LogP contribution >= 0.6 is 0 Å². The van der Waals surface area contributed by atoms with Crippen molar-refractivity contribution in [3.63, 3.8) is 0 Å². The lowest BCUT2D eigenvalue weighted by Crippen LogP contribution is -2.63. The summed E-state index contributed by atoms with van der Waals surface area (Å²) in [7, 11) is 0. The molecule has 1 aromatic carbocycles. The first kappa shape index (κ1) is 16.5. The summed E-state index contributed by atoms with van der Waals surface area (Å²) in [6, 6.07) is 12.1. The maximum atomic E-state index is 3.86. The first-order valence-corrected chi connectivity index (χ1v) is 8.58. The molecule has 2 atom stereocenters. The van der Waals surface area contributed by atoms with Gasteiger partial charge in [-0.25, -0.2) is 0 Å². The van der Waals surface area contributed by atoms with Gasteiger partial charge in [-0.2, -0.15) is 0 Å². The van der Waals surface area contributed by atoms with E-state index < -0.39 is 0 Å². The van der Waals surface area contributed by atoms with Gasteiger partial charge in [0, 0.05) is 30.7 Å². The molecule has 1 aromatic rings. The summed E-state index contributed by atoms with van der Waals surface area (Å²) in [4.78, 5) is 2.74. The van der Waals surface area contributed by atoms with Crippen LogP contribution in [0.25, 0.3) is 0 Å². The molecule has 0 bridgehead atoms. The van der Waals surface area contributed by atoms with Crippen LogP contribution in [0.1, 0.15) is 59.1 Å². The molecule has 21 heavy (non-hydrogen) atoms. The van der Waals surface area contributed by atoms with E-state index in [-0.39, 0.29) is 5.54 Å². The topological polar surface area (TPSA) is 15.3 Å². The zero-order valence-electron chi connectivity index (χ0n) is 14.4. The van der Waals surface area contributed by atoms with Crippen LogP contribution < -0.4 is 5.32 Å². The molecule has 1 heterocycles. The Morgan fingerprint density at radius 2 is 1.76 bits per heavy atom. The zero-order chi connectivity index (χ0) is 15.5. The van der Waals surface area contributed by atoms with Crippen molar-refractivity contribution in [1.29, 1.82) is 0 Å². The quantitative estimate of drug-likeness (QED) is 0.872. The van der Waals surface area contributed by atoms with Gasteiger partial charge in [-0.15, -0.1) is 0 Å². The Kier molecular flexibility index (Phi) is 5.45. The van der Waals surface area contributed by atoms with Crippen molar-refractivity contribution in [2.45, 2.75) is 65.1 Å². The molecule has 1 aliphatic rings. The predicted octanol–water partition coefficient (Wildman–Crippen LogP) is 4.24. The van der Waals surface area contributed by atoms with Crippen LogP contribution in [0, 0.1) is 5.92 Å². The maximum Gasteiger partial charge on any atom is 0.0476 e. The summed E-state index contributed by atoms with van der Waals surface area (Å²) >= 11 is 0. The van der Waals surface area contributed by atoms with E-state index in [1.807, 2.05) is 0 Å². The van der Waals surface area contributed by atoms with Gasteiger partial charge in [0.25, 0.3) is 0 Å². The van der Waals surface area contributed by atoms with Crippen molar-refractivity contribution in [1.82, 2.24) is 10.2 Å². The second kappa shape index (κ2) is 6.93. The lowest BCUT2D eigenvalue weighted by Gasteiger charge is -2.50. The van der Waals surface area contributed by atoms with Gasteiger partial charge in [0.05, 0.1) is 0 Å². The fraction of sp³-hybridized carbons (Fsp3) is 0.684. The summed E-state index contributed by atoms with van der Waals surface area (Å²) in [6.45, 7) is 13.9. The Bertz CT molecular complexity index is 422. The molecular formula is C19H32N2. The largest absolute Gasteiger partial charge is 0.308 e. The third kappa shape index (κ3) is 3.49. The molecule has 1 saturated heterocycles. The van der Waals surface area contributed by atoms with Crippen LogP contribution in [0.2, 0.25) is 0 Å². The predicted molar refractivity (Wildman–Crippen MR) is 91.5 cm³/mol. The smallest absolute Gasteiger partial charge is 0.0476 e. The molecule has 0 saturated carbocycles. The molecule has 0 spiro atoms. The lowest BCUT2D eigenvalue weighted by molar-refractivity contribution is 0.0259. The summed E-state index contributed by atoms with van der Waals surface area (Å²) in [5.74, 6) is 0.681. The van der Waals surface area contributed by atoms with Gasteiger partial charge in [-0.3, -0.25) is 4.90 Å². The van der Waals surface area contributed by atoms with Crippen LogP contribution in [0.4, 0.5) is 0 Å². The Hall–Kier alpha value is -0.860. The number of hydrogen-bond donors (Lipinski definition) is 1. The molecule has 0 aromatic heterocycles. The molecule has 2 rings (SSSR count). The third-order valence-electron chi connectivity index (χ3n) is 5.58. The van der Waals surface area contributed by atoms with Gasteiger partial charge in [-0.1, -0.05) is 58.0 Å². The molecule has 1 aliphatic heterocycles. The summed E-state index contributed by atoms with van der Waals surface area (Å²) in [6.07, 6.45) is 2.40. The Labute approximate surface area is 130 Å². The van der Waals surface area contributed by atoms with E-state index in [9.17, 15) is 0 Å². The van der Waals surface area contributed by atoms with Gasteiger partial charge in [0.2, 0.25) is 0 Å². The van der Waals surface area contributed by atoms with Gasteiger partial charge in [-0.05, 0) is 31.2 Å². The van der Waals surface area contributed by atoms with E-state index in [4.69, 9.17) is 0 Å². The van der Waals surface area contributed by atoms with Crippen molar-refractivity contribution < 1.29 is 0 Å². The number of benzene rings is 1. The molecule has 1 fully saturated rings. The van der Waals surface area contributed by atoms with Gasteiger partial charge >= 0.3 is 0 Å². The average Bonchev–Trinajstić information content (AvgIpc) is 2.54. The highest BCUT2D eigenvalue weighted by Gasteiger charge is 2.39. The van der Waals surface area contributed by atoms with Crippen LogP contribution in [-0.4, -0.2) is 29.6 Å². The molecule has 2 nitrogen and oxygen atoms in total. The van der Waals surface area contributed by atoms with Crippen molar-refractivity contribution >= 4 is 0 Å². The van der Waals surface area contributed by atoms with Crippen molar-refractivity contribution in [3.05, 3.63) is 35.9 Å². The minimum Gasteiger partial charge on any atom is -0.308 e. The molecule has 0 amide bonds. The van der Waals surface area contributed by atoms with E-state index in [0.717, 1.165) is 13.1 Å². The highest BCUT2D eigenvalue weighted by molar-refractivity contribution is 5.21. The second-order valence-electron chi connectivity index (χ2n) is 6.95. The van der Waals surface area contributed by atoms with E-state index >= 15 is 0 Å². The molecule has 118 valence electrons. The second-order valence-corrected chi connectivity index (χ2v) is 6.95. The first-order chi connectivity index (χ1) is 10.0. The lowest BCUT2D eigenvalue weighted by atomic mass is 9.85. The van der Waals surface area contributed by atoms with Crippen molar-refractivity contribution in [3.8, 4) is 0 Å². The third-order valence-corrected chi connectivity index (χ3v) is 5.58. The Morgan fingerprint density at radius 1 is 1.14 bits per heavy atom. The zero-order valence-corrected chi connectivity index (χ0v) is 14.4. The maximum absolute atomic E-state index is 3.86. The number of piperazine rings is 1. The minimum atomic E-state index is 0.286. The summed E-state index contributed by atoms with van der Waals surface area (Å²) < 4.78 is 0. The molecule has 1 N–H and O–H groups in total. The Balaban J connectivity index is 2.28. The molecule has 0 aliphatic carbocycles. The number of nitrogens with zero attached hydrogens (tertiary/aromatic N) is 1. The minimum absolute atomic E-state index is 0.286. The van der Waals surface area contributed by atoms with Crippen molar-refractivity contribution in [2.24, 2.45) is 5.92 Å².